The van der Waals surface area contributed by atoms with Crippen molar-refractivity contribution >= 4 is 20.0 Å². The molecule has 1 rings (SSSR count). The fraction of sp³-hybridized carbons (Fsp3) is 1.00. The van der Waals surface area contributed by atoms with Crippen molar-refractivity contribution in [1.29, 1.82) is 0 Å². The minimum atomic E-state index is -4.02. The Morgan fingerprint density at radius 2 is 1.78 bits per heavy atom. The van der Waals surface area contributed by atoms with E-state index in [-0.39, 0.29) is 6.54 Å². The third kappa shape index (κ3) is 7.24. The molecule has 0 aromatic heterocycles. The van der Waals surface area contributed by atoms with E-state index in [1.165, 1.54) is 0 Å². The van der Waals surface area contributed by atoms with E-state index in [9.17, 15) is 16.8 Å². The highest BCUT2D eigenvalue weighted by Gasteiger charge is 2.18. The molecule has 0 aromatic carbocycles. The third-order valence-corrected chi connectivity index (χ3v) is 5.60. The van der Waals surface area contributed by atoms with Gasteiger partial charge >= 0.3 is 0 Å². The number of sulfonamides is 2. The fourth-order valence-electron chi connectivity index (χ4n) is 1.61. The van der Waals surface area contributed by atoms with E-state index < -0.39 is 25.1 Å². The predicted octanol–water partition coefficient (Wildman–Crippen LogP) is -2.13. The maximum atomic E-state index is 11.3. The van der Waals surface area contributed by atoms with Crippen molar-refractivity contribution in [3.05, 3.63) is 0 Å². The number of nitrogens with one attached hydrogen (secondary N) is 1. The molecule has 8 nitrogen and oxygen atoms in total. The molecule has 0 atom stereocenters. The van der Waals surface area contributed by atoms with Gasteiger partial charge in [0.1, 0.15) is 0 Å². The molecular formula is C8H19N3O5S2. The molecule has 3 N–H and O–H groups in total. The molecule has 0 amide bonds. The molecule has 0 bridgehead atoms. The van der Waals surface area contributed by atoms with Crippen LogP contribution < -0.4 is 9.86 Å². The molecule has 1 aliphatic rings. The van der Waals surface area contributed by atoms with E-state index in [2.05, 4.69) is 14.8 Å². The van der Waals surface area contributed by atoms with Crippen LogP contribution in [0.4, 0.5) is 0 Å². The number of hydrogen-bond acceptors (Lipinski definition) is 6. The Balaban J connectivity index is 2.20. The van der Waals surface area contributed by atoms with Gasteiger partial charge in [-0.2, -0.15) is 0 Å². The lowest BCUT2D eigenvalue weighted by molar-refractivity contribution is 0.0376. The van der Waals surface area contributed by atoms with E-state index in [1.54, 1.807) is 0 Å². The second kappa shape index (κ2) is 6.78. The Bertz CT molecular complexity index is 441. The zero-order valence-electron chi connectivity index (χ0n) is 10.0. The second-order valence-corrected chi connectivity index (χ2v) is 7.88. The first kappa shape index (κ1) is 15.8. The summed E-state index contributed by atoms with van der Waals surface area (Å²) in [4.78, 5) is 2.16. The van der Waals surface area contributed by atoms with Crippen molar-refractivity contribution in [3.63, 3.8) is 0 Å². The third-order valence-electron chi connectivity index (χ3n) is 2.40. The molecule has 1 saturated heterocycles. The van der Waals surface area contributed by atoms with E-state index in [0.29, 0.717) is 19.6 Å². The van der Waals surface area contributed by atoms with Crippen LogP contribution in [0.2, 0.25) is 0 Å². The molecule has 1 aliphatic heterocycles. The second-order valence-electron chi connectivity index (χ2n) is 4.10. The van der Waals surface area contributed by atoms with Crippen LogP contribution in [0.15, 0.2) is 0 Å². The summed E-state index contributed by atoms with van der Waals surface area (Å²) in [5.74, 6) is 0. The van der Waals surface area contributed by atoms with Gasteiger partial charge in [0.15, 0.2) is 5.08 Å². The largest absolute Gasteiger partial charge is 0.379 e. The summed E-state index contributed by atoms with van der Waals surface area (Å²) in [6, 6.07) is 0. The number of morpholine rings is 1. The van der Waals surface area contributed by atoms with E-state index in [0.717, 1.165) is 19.6 Å². The van der Waals surface area contributed by atoms with E-state index in [1.807, 2.05) is 0 Å². The molecule has 0 radical (unpaired) electrons. The van der Waals surface area contributed by atoms with Crippen LogP contribution in [-0.2, 0) is 24.8 Å². The fourth-order valence-corrected chi connectivity index (χ4v) is 4.13. The van der Waals surface area contributed by atoms with Gasteiger partial charge in [0.2, 0.25) is 20.0 Å². The monoisotopic (exact) mass is 301 g/mol. The number of nitrogens with zero attached hydrogens (tertiary/aromatic N) is 1. The average molecular weight is 301 g/mol. The van der Waals surface area contributed by atoms with E-state index >= 15 is 0 Å². The standard InChI is InChI=1S/C8H19N3O5S2/c9-17(12,13)8-18(14,15)10-2-1-3-11-4-6-16-7-5-11/h10H,1-8H2,(H2,9,12,13). The van der Waals surface area contributed by atoms with Gasteiger partial charge in [0.05, 0.1) is 13.2 Å². The van der Waals surface area contributed by atoms with Gasteiger partial charge < -0.3 is 4.74 Å². The quantitative estimate of drug-likeness (QED) is 0.519. The Hall–Kier alpha value is -0.260. The zero-order valence-corrected chi connectivity index (χ0v) is 11.7. The molecule has 10 heteroatoms. The zero-order chi connectivity index (χ0) is 13.6. The number of primary sulfonamides is 1. The Morgan fingerprint density at radius 1 is 1.17 bits per heavy atom. The summed E-state index contributed by atoms with van der Waals surface area (Å²) in [6.45, 7) is 4.01. The minimum Gasteiger partial charge on any atom is -0.379 e. The number of rotatable bonds is 7. The van der Waals surface area contributed by atoms with Gasteiger partial charge in [-0.05, 0) is 13.0 Å². The summed E-state index contributed by atoms with van der Waals surface area (Å²) >= 11 is 0. The Labute approximate surface area is 108 Å². The van der Waals surface area contributed by atoms with Crippen molar-refractivity contribution in [2.45, 2.75) is 6.42 Å². The highest BCUT2D eigenvalue weighted by atomic mass is 32.3. The van der Waals surface area contributed by atoms with Crippen LogP contribution in [-0.4, -0.2) is 66.2 Å². The predicted molar refractivity (Wildman–Crippen MR) is 66.8 cm³/mol. The normalized spacial score (nSPS) is 18.9. The van der Waals surface area contributed by atoms with Crippen molar-refractivity contribution in [2.24, 2.45) is 5.14 Å². The molecule has 0 unspecified atom stereocenters. The van der Waals surface area contributed by atoms with Gasteiger partial charge in [0.25, 0.3) is 0 Å². The summed E-state index contributed by atoms with van der Waals surface area (Å²) in [7, 11) is -7.87. The van der Waals surface area contributed by atoms with Crippen LogP contribution >= 0.6 is 0 Å². The summed E-state index contributed by atoms with van der Waals surface area (Å²) in [5, 5.41) is 3.60. The molecule has 108 valence electrons. The molecular weight excluding hydrogens is 282 g/mol. The van der Waals surface area contributed by atoms with Crippen molar-refractivity contribution in [3.8, 4) is 0 Å². The highest BCUT2D eigenvalue weighted by molar-refractivity contribution is 8.06. The first-order valence-electron chi connectivity index (χ1n) is 5.56. The molecule has 1 heterocycles. The smallest absolute Gasteiger partial charge is 0.227 e. The lowest BCUT2D eigenvalue weighted by Crippen LogP contribution is -2.39. The topological polar surface area (TPSA) is 119 Å². The molecule has 0 aromatic rings. The SMILES string of the molecule is NS(=O)(=O)CS(=O)(=O)NCCCN1CCOCC1. The Kier molecular flexibility index (Phi) is 5.95. The minimum absolute atomic E-state index is 0.204. The first-order valence-corrected chi connectivity index (χ1v) is 8.93. The maximum Gasteiger partial charge on any atom is 0.227 e. The summed E-state index contributed by atoms with van der Waals surface area (Å²) in [6.07, 6.45) is 0.615. The van der Waals surface area contributed by atoms with Gasteiger partial charge in [-0.25, -0.2) is 26.7 Å². The van der Waals surface area contributed by atoms with Gasteiger partial charge in [-0.15, -0.1) is 0 Å². The van der Waals surface area contributed by atoms with Gasteiger partial charge in [-0.1, -0.05) is 0 Å². The van der Waals surface area contributed by atoms with Crippen LogP contribution in [0.5, 0.6) is 0 Å². The molecule has 0 aliphatic carbocycles. The summed E-state index contributed by atoms with van der Waals surface area (Å²) in [5.41, 5.74) is 0. The maximum absolute atomic E-state index is 11.3. The lowest BCUT2D eigenvalue weighted by Gasteiger charge is -2.26. The van der Waals surface area contributed by atoms with Crippen LogP contribution in [0.25, 0.3) is 0 Å². The van der Waals surface area contributed by atoms with Crippen LogP contribution in [0.1, 0.15) is 6.42 Å². The average Bonchev–Trinajstić information content (AvgIpc) is 2.23. The van der Waals surface area contributed by atoms with Crippen LogP contribution in [0.3, 0.4) is 0 Å². The highest BCUT2D eigenvalue weighted by Crippen LogP contribution is 1.98. The molecule has 0 spiro atoms. The van der Waals surface area contributed by atoms with Crippen molar-refractivity contribution in [2.75, 3.05) is 44.5 Å². The molecule has 1 fully saturated rings. The van der Waals surface area contributed by atoms with Crippen LogP contribution in [0, 0.1) is 0 Å². The number of nitrogens with two attached hydrogens (primary N) is 1. The Morgan fingerprint density at radius 3 is 2.33 bits per heavy atom. The molecule has 0 saturated carbocycles. The van der Waals surface area contributed by atoms with Gasteiger partial charge in [0, 0.05) is 19.6 Å². The first-order chi connectivity index (χ1) is 8.29. The summed E-state index contributed by atoms with van der Waals surface area (Å²) < 4.78 is 51.3. The number of ether oxygens (including phenoxy) is 1. The van der Waals surface area contributed by atoms with E-state index in [4.69, 9.17) is 4.74 Å². The van der Waals surface area contributed by atoms with Gasteiger partial charge in [-0.3, -0.25) is 4.90 Å². The lowest BCUT2D eigenvalue weighted by atomic mass is 10.3. The van der Waals surface area contributed by atoms with Crippen molar-refractivity contribution < 1.29 is 21.6 Å². The number of hydrogen-bond donors (Lipinski definition) is 2. The molecule has 18 heavy (non-hydrogen) atoms. The van der Waals surface area contributed by atoms with Crippen molar-refractivity contribution in [1.82, 2.24) is 9.62 Å².